The van der Waals surface area contributed by atoms with Crippen LogP contribution < -0.4 is 9.47 Å². The first-order chi connectivity index (χ1) is 18.2. The highest BCUT2D eigenvalue weighted by molar-refractivity contribution is 8.24. The van der Waals surface area contributed by atoms with Crippen LogP contribution in [0.15, 0.2) is 31.7 Å². The van der Waals surface area contributed by atoms with Crippen molar-refractivity contribution in [1.82, 2.24) is 19.6 Å². The summed E-state index contributed by atoms with van der Waals surface area (Å²) in [5.74, 6) is 0.300. The molecule has 4 amide bonds. The van der Waals surface area contributed by atoms with Crippen LogP contribution in [0.4, 0.5) is 9.59 Å². The molecule has 198 valence electrons. The average molecular weight is 557 g/mol. The van der Waals surface area contributed by atoms with Crippen LogP contribution in [0.25, 0.3) is 0 Å². The molecule has 0 aromatic heterocycles. The number of piperazine rings is 2. The lowest BCUT2D eigenvalue weighted by molar-refractivity contribution is -0.131. The van der Waals surface area contributed by atoms with Crippen LogP contribution in [0.3, 0.4) is 0 Å². The van der Waals surface area contributed by atoms with Crippen molar-refractivity contribution in [3.05, 3.63) is 21.9 Å². The molecule has 4 rings (SSSR count). The van der Waals surface area contributed by atoms with Crippen molar-refractivity contribution < 1.29 is 28.7 Å². The number of hydrogen-bond donors (Lipinski definition) is 0. The van der Waals surface area contributed by atoms with E-state index in [4.69, 9.17) is 9.47 Å². The van der Waals surface area contributed by atoms with E-state index in [2.05, 4.69) is 0 Å². The second-order valence-corrected chi connectivity index (χ2v) is 10.8. The number of fused-ring (bicyclic) bond motifs is 1. The van der Waals surface area contributed by atoms with E-state index in [1.807, 2.05) is 12.1 Å². The van der Waals surface area contributed by atoms with E-state index < -0.39 is 12.2 Å². The van der Waals surface area contributed by atoms with Gasteiger partial charge >= 0.3 is 12.2 Å². The summed E-state index contributed by atoms with van der Waals surface area (Å²) >= 11 is 2.19. The molecule has 1 aromatic rings. The Bertz CT molecular complexity index is 1190. The molecule has 12 nitrogen and oxygen atoms in total. The Morgan fingerprint density at radius 2 is 1.03 bits per heavy atom. The summed E-state index contributed by atoms with van der Waals surface area (Å²) in [6.07, 6.45) is -1.18. The van der Waals surface area contributed by atoms with Gasteiger partial charge in [0.2, 0.25) is 11.8 Å². The number of rotatable bonds is 2. The maximum Gasteiger partial charge on any atom is 0.415 e. The van der Waals surface area contributed by atoms with E-state index in [-0.39, 0.29) is 28.9 Å². The van der Waals surface area contributed by atoms with Gasteiger partial charge in [-0.1, -0.05) is 23.5 Å². The molecule has 0 atom stereocenters. The molecule has 3 aliphatic rings. The van der Waals surface area contributed by atoms with Crippen molar-refractivity contribution in [2.45, 2.75) is 23.6 Å². The van der Waals surface area contributed by atoms with Gasteiger partial charge < -0.3 is 29.1 Å². The second-order valence-electron chi connectivity index (χ2n) is 8.53. The summed E-state index contributed by atoms with van der Waals surface area (Å²) in [5, 5.41) is 18.7. The van der Waals surface area contributed by atoms with E-state index in [1.165, 1.54) is 35.8 Å². The third-order valence-corrected chi connectivity index (χ3v) is 8.85. The second kappa shape index (κ2) is 11.7. The zero-order valence-corrected chi connectivity index (χ0v) is 22.4. The van der Waals surface area contributed by atoms with Crippen molar-refractivity contribution in [2.24, 2.45) is 0 Å². The SMILES string of the molecule is CC(=O)N1CCN(C(=O)Oc2ccc(OC(=O)N3CCN(C(C)=O)CC3)c3c2SC(=C(C#N)C#N)S3)CC1. The summed E-state index contributed by atoms with van der Waals surface area (Å²) in [7, 11) is 0. The number of carbonyl (C=O) groups is 4. The van der Waals surface area contributed by atoms with Crippen LogP contribution in [0.5, 0.6) is 11.5 Å². The number of nitrogens with zero attached hydrogens (tertiary/aromatic N) is 6. The van der Waals surface area contributed by atoms with Gasteiger partial charge in [-0.2, -0.15) is 10.5 Å². The van der Waals surface area contributed by atoms with Crippen molar-refractivity contribution in [1.29, 1.82) is 10.5 Å². The van der Waals surface area contributed by atoms with Crippen LogP contribution in [-0.2, 0) is 9.59 Å². The Morgan fingerprint density at radius 3 is 1.34 bits per heavy atom. The highest BCUT2D eigenvalue weighted by atomic mass is 32.2. The molecular formula is C24H24N6O6S2. The quantitative estimate of drug-likeness (QED) is 0.498. The third-order valence-electron chi connectivity index (χ3n) is 6.22. The topological polar surface area (TPSA) is 147 Å². The molecule has 0 spiro atoms. The smallest absolute Gasteiger partial charge is 0.409 e. The van der Waals surface area contributed by atoms with Crippen LogP contribution in [0.2, 0.25) is 0 Å². The minimum atomic E-state index is -0.590. The number of nitriles is 2. The highest BCUT2D eigenvalue weighted by Gasteiger charge is 2.33. The van der Waals surface area contributed by atoms with Gasteiger partial charge in [-0.25, -0.2) is 9.59 Å². The zero-order chi connectivity index (χ0) is 27.4. The van der Waals surface area contributed by atoms with E-state index in [9.17, 15) is 29.7 Å². The van der Waals surface area contributed by atoms with Gasteiger partial charge in [0, 0.05) is 66.2 Å². The van der Waals surface area contributed by atoms with E-state index >= 15 is 0 Å². The molecule has 0 radical (unpaired) electrons. The molecule has 2 saturated heterocycles. The Morgan fingerprint density at radius 1 is 0.684 bits per heavy atom. The van der Waals surface area contributed by atoms with Gasteiger partial charge in [0.05, 0.1) is 14.0 Å². The van der Waals surface area contributed by atoms with Crippen molar-refractivity contribution in [3.8, 4) is 23.6 Å². The minimum Gasteiger partial charge on any atom is -0.409 e. The van der Waals surface area contributed by atoms with E-state index in [0.29, 0.717) is 66.4 Å². The lowest BCUT2D eigenvalue weighted by Crippen LogP contribution is -2.50. The van der Waals surface area contributed by atoms with Gasteiger partial charge in [-0.15, -0.1) is 0 Å². The van der Waals surface area contributed by atoms with Gasteiger partial charge in [-0.3, -0.25) is 9.59 Å². The van der Waals surface area contributed by atoms with Crippen molar-refractivity contribution >= 4 is 47.5 Å². The minimum absolute atomic E-state index is 0.0553. The molecule has 1 aromatic carbocycles. The number of hydrogen-bond acceptors (Lipinski definition) is 10. The number of benzene rings is 1. The van der Waals surface area contributed by atoms with Crippen molar-refractivity contribution in [3.63, 3.8) is 0 Å². The molecule has 3 aliphatic heterocycles. The standard InChI is InChI=1S/C24H24N6O6S2/c1-15(31)27-5-9-29(10-6-27)23(33)35-18-3-4-19(21-20(18)37-22(38-21)17(13-25)14-26)36-24(34)30-11-7-28(8-12-30)16(2)32/h3-4H,5-12H2,1-2H3. The predicted octanol–water partition coefficient (Wildman–Crippen LogP) is 2.47. The summed E-state index contributed by atoms with van der Waals surface area (Å²) in [6.45, 7) is 5.89. The first-order valence-electron chi connectivity index (χ1n) is 11.7. The molecule has 2 fully saturated rings. The van der Waals surface area contributed by atoms with Crippen LogP contribution in [0.1, 0.15) is 13.8 Å². The first kappa shape index (κ1) is 27.2. The summed E-state index contributed by atoms with van der Waals surface area (Å²) < 4.78 is 11.7. The maximum atomic E-state index is 12.9. The molecule has 0 saturated carbocycles. The highest BCUT2D eigenvalue weighted by Crippen LogP contribution is 2.58. The number of ether oxygens (including phenoxy) is 2. The lowest BCUT2D eigenvalue weighted by Gasteiger charge is -2.33. The Balaban J connectivity index is 1.53. The Hall–Kier alpha value is -3.88. The monoisotopic (exact) mass is 556 g/mol. The number of allylic oxidation sites excluding steroid dienone is 1. The normalized spacial score (nSPS) is 16.8. The van der Waals surface area contributed by atoms with Gasteiger partial charge in [0.25, 0.3) is 0 Å². The fraction of sp³-hybridized carbons (Fsp3) is 0.417. The first-order valence-corrected chi connectivity index (χ1v) is 13.4. The Labute approximate surface area is 227 Å². The maximum absolute atomic E-state index is 12.9. The van der Waals surface area contributed by atoms with E-state index in [1.54, 1.807) is 9.80 Å². The number of carbonyl (C=O) groups excluding carboxylic acids is 4. The fourth-order valence-corrected chi connectivity index (χ4v) is 6.51. The molecule has 3 heterocycles. The predicted molar refractivity (Wildman–Crippen MR) is 136 cm³/mol. The van der Waals surface area contributed by atoms with Crippen LogP contribution >= 0.6 is 23.5 Å². The van der Waals surface area contributed by atoms with Gasteiger partial charge in [0.1, 0.15) is 29.2 Å². The van der Waals surface area contributed by atoms with Gasteiger partial charge in [-0.05, 0) is 12.1 Å². The lowest BCUT2D eigenvalue weighted by atomic mass is 10.3. The molecule has 0 N–H and O–H groups in total. The Kier molecular flexibility index (Phi) is 8.34. The molecular weight excluding hydrogens is 532 g/mol. The third kappa shape index (κ3) is 5.82. The van der Waals surface area contributed by atoms with E-state index in [0.717, 1.165) is 23.5 Å². The molecule has 38 heavy (non-hydrogen) atoms. The van der Waals surface area contributed by atoms with Crippen LogP contribution in [0, 0.1) is 22.7 Å². The average Bonchev–Trinajstić information content (AvgIpc) is 3.36. The molecule has 0 aliphatic carbocycles. The van der Waals surface area contributed by atoms with Crippen molar-refractivity contribution in [2.75, 3.05) is 52.4 Å². The zero-order valence-electron chi connectivity index (χ0n) is 20.8. The fourth-order valence-electron chi connectivity index (χ4n) is 4.03. The summed E-state index contributed by atoms with van der Waals surface area (Å²) in [4.78, 5) is 56.1. The van der Waals surface area contributed by atoms with Crippen LogP contribution in [-0.4, -0.2) is 96.0 Å². The summed E-state index contributed by atoms with van der Waals surface area (Å²) in [5.41, 5.74) is -0.105. The largest absolute Gasteiger partial charge is 0.415 e. The summed E-state index contributed by atoms with van der Waals surface area (Å²) in [6, 6.07) is 6.73. The molecule has 0 bridgehead atoms. The van der Waals surface area contributed by atoms with Gasteiger partial charge in [0.15, 0.2) is 0 Å². The molecule has 0 unspecified atom stereocenters. The molecule has 14 heteroatoms. The number of amides is 4. The number of thioether (sulfide) groups is 2.